The molecule has 0 aliphatic heterocycles. The van der Waals surface area contributed by atoms with Crippen molar-refractivity contribution in [2.45, 2.75) is 78.2 Å². The van der Waals surface area contributed by atoms with Gasteiger partial charge in [0.15, 0.2) is 11.8 Å². The molecule has 1 saturated carbocycles. The Balaban J connectivity index is 0.00000338. The molecule has 1 aliphatic carbocycles. The highest BCUT2D eigenvalue weighted by atomic mass is 127. The van der Waals surface area contributed by atoms with Crippen molar-refractivity contribution >= 4 is 29.9 Å². The van der Waals surface area contributed by atoms with Crippen molar-refractivity contribution in [2.75, 3.05) is 13.1 Å². The second-order valence-electron chi connectivity index (χ2n) is 7.24. The van der Waals surface area contributed by atoms with E-state index in [1.54, 1.807) is 0 Å². The smallest absolute Gasteiger partial charge is 0.191 e. The molecule has 0 unspecified atom stereocenters. The highest BCUT2D eigenvalue weighted by Crippen LogP contribution is 2.26. The highest BCUT2D eigenvalue weighted by molar-refractivity contribution is 14.0. The summed E-state index contributed by atoms with van der Waals surface area (Å²) in [6.07, 6.45) is 12.1. The van der Waals surface area contributed by atoms with Crippen molar-refractivity contribution in [1.29, 1.82) is 0 Å². The van der Waals surface area contributed by atoms with E-state index >= 15 is 0 Å². The van der Waals surface area contributed by atoms with Gasteiger partial charge in [0.1, 0.15) is 12.4 Å². The van der Waals surface area contributed by atoms with Gasteiger partial charge in [-0.05, 0) is 32.1 Å². The van der Waals surface area contributed by atoms with Crippen LogP contribution in [-0.4, -0.2) is 33.8 Å². The van der Waals surface area contributed by atoms with Gasteiger partial charge in [0.25, 0.3) is 0 Å². The third-order valence-corrected chi connectivity index (χ3v) is 5.19. The number of unbranched alkanes of at least 4 members (excludes halogenated alkanes) is 1. The van der Waals surface area contributed by atoms with Crippen molar-refractivity contribution in [3.05, 3.63) is 11.6 Å². The minimum atomic E-state index is 0. The minimum Gasteiger partial charge on any atom is -0.356 e. The summed E-state index contributed by atoms with van der Waals surface area (Å²) in [7, 11) is 1.99. The summed E-state index contributed by atoms with van der Waals surface area (Å²) >= 11 is 0. The zero-order chi connectivity index (χ0) is 17.9. The van der Waals surface area contributed by atoms with E-state index in [2.05, 4.69) is 27.8 Å². The predicted molar refractivity (Wildman–Crippen MR) is 119 cm³/mol. The van der Waals surface area contributed by atoms with Crippen LogP contribution < -0.4 is 10.6 Å². The largest absolute Gasteiger partial charge is 0.356 e. The topological polar surface area (TPSA) is 67.1 Å². The molecule has 2 rings (SSSR count). The average Bonchev–Trinajstić information content (AvgIpc) is 2.95. The number of aryl methyl sites for hydroxylation is 1. The molecule has 2 N–H and O–H groups in total. The molecular formula is C19H37IN6. The molecule has 0 radical (unpaired) electrons. The number of halogens is 1. The lowest BCUT2D eigenvalue weighted by Crippen LogP contribution is -2.38. The molecule has 1 aromatic rings. The first-order valence-corrected chi connectivity index (χ1v) is 10.1. The third-order valence-electron chi connectivity index (χ3n) is 5.19. The molecule has 0 aromatic carbocycles. The Kier molecular flexibility index (Phi) is 11.9. The highest BCUT2D eigenvalue weighted by Gasteiger charge is 2.12. The van der Waals surface area contributed by atoms with E-state index in [0.717, 1.165) is 43.0 Å². The summed E-state index contributed by atoms with van der Waals surface area (Å²) < 4.78 is 2.00. The van der Waals surface area contributed by atoms with E-state index in [0.29, 0.717) is 6.54 Å². The van der Waals surface area contributed by atoms with E-state index in [1.807, 2.05) is 18.5 Å². The van der Waals surface area contributed by atoms with Gasteiger partial charge in [-0.15, -0.1) is 34.2 Å². The predicted octanol–water partition coefficient (Wildman–Crippen LogP) is 3.94. The van der Waals surface area contributed by atoms with Crippen LogP contribution in [0.3, 0.4) is 0 Å². The van der Waals surface area contributed by atoms with Crippen LogP contribution in [0.1, 0.15) is 76.4 Å². The number of hydrogen-bond acceptors (Lipinski definition) is 3. The van der Waals surface area contributed by atoms with E-state index in [9.17, 15) is 0 Å². The SMILES string of the molecule is CCCCNC(=NCc1nnc(C)n1C)NCCCC1CCCCC1.I. The number of hydrogen-bond donors (Lipinski definition) is 2. The van der Waals surface area contributed by atoms with Gasteiger partial charge in [-0.25, -0.2) is 4.99 Å². The minimum absolute atomic E-state index is 0. The molecule has 1 heterocycles. The van der Waals surface area contributed by atoms with Crippen molar-refractivity contribution in [3.8, 4) is 0 Å². The number of guanidine groups is 1. The number of nitrogens with one attached hydrogen (secondary N) is 2. The normalized spacial score (nSPS) is 15.6. The molecule has 7 heteroatoms. The van der Waals surface area contributed by atoms with E-state index < -0.39 is 0 Å². The molecule has 0 atom stereocenters. The van der Waals surface area contributed by atoms with Crippen molar-refractivity contribution in [1.82, 2.24) is 25.4 Å². The zero-order valence-electron chi connectivity index (χ0n) is 16.8. The number of nitrogens with zero attached hydrogens (tertiary/aromatic N) is 4. The van der Waals surface area contributed by atoms with Gasteiger partial charge in [0.2, 0.25) is 0 Å². The Hall–Kier alpha value is -0.860. The second-order valence-corrected chi connectivity index (χ2v) is 7.24. The van der Waals surface area contributed by atoms with E-state index in [-0.39, 0.29) is 24.0 Å². The molecule has 1 fully saturated rings. The summed E-state index contributed by atoms with van der Waals surface area (Å²) in [5.74, 6) is 3.67. The summed E-state index contributed by atoms with van der Waals surface area (Å²) in [4.78, 5) is 4.70. The van der Waals surface area contributed by atoms with Crippen LogP contribution in [0.15, 0.2) is 4.99 Å². The van der Waals surface area contributed by atoms with Crippen LogP contribution in [0.4, 0.5) is 0 Å². The summed E-state index contributed by atoms with van der Waals surface area (Å²) in [6.45, 7) is 6.68. The van der Waals surface area contributed by atoms with Crippen molar-refractivity contribution in [3.63, 3.8) is 0 Å². The number of aromatic nitrogens is 3. The maximum absolute atomic E-state index is 4.70. The molecule has 6 nitrogen and oxygen atoms in total. The Labute approximate surface area is 176 Å². The van der Waals surface area contributed by atoms with Crippen LogP contribution in [0.2, 0.25) is 0 Å². The van der Waals surface area contributed by atoms with Crippen LogP contribution in [0, 0.1) is 12.8 Å². The van der Waals surface area contributed by atoms with Gasteiger partial charge < -0.3 is 15.2 Å². The first-order chi connectivity index (χ1) is 12.2. The number of aliphatic imine (C=N–C) groups is 1. The fourth-order valence-electron chi connectivity index (χ4n) is 3.37. The van der Waals surface area contributed by atoms with Crippen LogP contribution in [0.25, 0.3) is 0 Å². The summed E-state index contributed by atoms with van der Waals surface area (Å²) in [5.41, 5.74) is 0. The fourth-order valence-corrected chi connectivity index (χ4v) is 3.37. The quantitative estimate of drug-likeness (QED) is 0.245. The standard InChI is InChI=1S/C19H36N6.HI/c1-4-5-13-20-19(22-15-18-24-23-16(2)25(18)3)21-14-9-12-17-10-7-6-8-11-17;/h17H,4-15H2,1-3H3,(H2,20,21,22);1H. The zero-order valence-corrected chi connectivity index (χ0v) is 19.1. The van der Waals surface area contributed by atoms with Crippen LogP contribution >= 0.6 is 24.0 Å². The Morgan fingerprint density at radius 3 is 2.42 bits per heavy atom. The first kappa shape index (κ1) is 23.2. The van der Waals surface area contributed by atoms with Crippen LogP contribution in [0.5, 0.6) is 0 Å². The molecule has 0 saturated heterocycles. The average molecular weight is 476 g/mol. The van der Waals surface area contributed by atoms with E-state index in [1.165, 1.54) is 51.4 Å². The maximum atomic E-state index is 4.70. The Morgan fingerprint density at radius 1 is 1.12 bits per heavy atom. The van der Waals surface area contributed by atoms with Crippen molar-refractivity contribution < 1.29 is 0 Å². The van der Waals surface area contributed by atoms with Gasteiger partial charge in [-0.1, -0.05) is 45.4 Å². The van der Waals surface area contributed by atoms with Gasteiger partial charge in [-0.3, -0.25) is 0 Å². The Bertz CT molecular complexity index is 522. The molecular weight excluding hydrogens is 439 g/mol. The molecule has 26 heavy (non-hydrogen) atoms. The molecule has 0 spiro atoms. The Morgan fingerprint density at radius 2 is 1.81 bits per heavy atom. The van der Waals surface area contributed by atoms with Crippen LogP contribution in [-0.2, 0) is 13.6 Å². The van der Waals surface area contributed by atoms with Gasteiger partial charge >= 0.3 is 0 Å². The first-order valence-electron chi connectivity index (χ1n) is 10.1. The second kappa shape index (κ2) is 13.3. The summed E-state index contributed by atoms with van der Waals surface area (Å²) in [5, 5.41) is 15.2. The van der Waals surface area contributed by atoms with Gasteiger partial charge in [0, 0.05) is 20.1 Å². The van der Waals surface area contributed by atoms with Crippen molar-refractivity contribution in [2.24, 2.45) is 18.0 Å². The molecule has 1 aromatic heterocycles. The lowest BCUT2D eigenvalue weighted by molar-refractivity contribution is 0.332. The van der Waals surface area contributed by atoms with Gasteiger partial charge in [-0.2, -0.15) is 0 Å². The monoisotopic (exact) mass is 476 g/mol. The maximum Gasteiger partial charge on any atom is 0.191 e. The molecule has 0 bridgehead atoms. The number of rotatable bonds is 9. The molecule has 1 aliphatic rings. The molecule has 0 amide bonds. The fraction of sp³-hybridized carbons (Fsp3) is 0.842. The summed E-state index contributed by atoms with van der Waals surface area (Å²) in [6, 6.07) is 0. The lowest BCUT2D eigenvalue weighted by atomic mass is 9.86. The van der Waals surface area contributed by atoms with E-state index in [4.69, 9.17) is 4.99 Å². The molecule has 150 valence electrons. The van der Waals surface area contributed by atoms with Gasteiger partial charge in [0.05, 0.1) is 0 Å². The lowest BCUT2D eigenvalue weighted by Gasteiger charge is -2.21. The third kappa shape index (κ3) is 8.22.